The Morgan fingerprint density at radius 2 is 2.09 bits per heavy atom. The Kier molecular flexibility index (Phi) is 4.59. The molecule has 0 aliphatic carbocycles. The summed E-state index contributed by atoms with van der Waals surface area (Å²) in [4.78, 5) is 17.0. The van der Waals surface area contributed by atoms with Gasteiger partial charge in [0.1, 0.15) is 12.4 Å². The molecule has 1 aromatic carbocycles. The number of para-hydroxylation sites is 1. The van der Waals surface area contributed by atoms with E-state index in [9.17, 15) is 4.79 Å². The number of hydrogen-bond acceptors (Lipinski definition) is 3. The molecule has 2 aliphatic rings. The number of amides is 1. The lowest BCUT2D eigenvalue weighted by molar-refractivity contribution is -0.127. The molecule has 1 fully saturated rings. The van der Waals surface area contributed by atoms with Crippen LogP contribution in [0.15, 0.2) is 42.5 Å². The van der Waals surface area contributed by atoms with Crippen LogP contribution in [0.4, 0.5) is 0 Å². The molecule has 2 aliphatic heterocycles. The number of carbonyl (C=O) groups excluding carboxylic acids is 1. The van der Waals surface area contributed by atoms with E-state index in [1.807, 2.05) is 41.3 Å². The molecule has 0 bridgehead atoms. The summed E-state index contributed by atoms with van der Waals surface area (Å²) in [6.07, 6.45) is 4.89. The van der Waals surface area contributed by atoms with Gasteiger partial charge in [-0.05, 0) is 18.6 Å². The van der Waals surface area contributed by atoms with Crippen LogP contribution in [0.2, 0.25) is 0 Å². The average molecular weight is 298 g/mol. The number of hydrogen-bond donors (Lipinski definition) is 0. The van der Waals surface area contributed by atoms with Gasteiger partial charge in [0, 0.05) is 38.3 Å². The van der Waals surface area contributed by atoms with Crippen molar-refractivity contribution in [3.05, 3.63) is 48.1 Å². The van der Waals surface area contributed by atoms with E-state index in [1.165, 1.54) is 0 Å². The molecule has 1 saturated heterocycles. The van der Waals surface area contributed by atoms with Crippen molar-refractivity contribution in [2.75, 3.05) is 39.3 Å². The van der Waals surface area contributed by atoms with E-state index in [2.05, 4.69) is 11.5 Å². The van der Waals surface area contributed by atoms with Crippen molar-refractivity contribution >= 4 is 12.0 Å². The van der Waals surface area contributed by atoms with E-state index in [1.54, 1.807) is 0 Å². The fourth-order valence-corrected chi connectivity index (χ4v) is 2.98. The van der Waals surface area contributed by atoms with Gasteiger partial charge in [-0.3, -0.25) is 9.69 Å². The normalized spacial score (nSPS) is 18.7. The monoisotopic (exact) mass is 298 g/mol. The second kappa shape index (κ2) is 6.79. The standard InChI is InChI=1S/C18H22N2O2/c1-2-8-19-9-5-10-20(12-11-19)18(21)16-13-15-6-3-4-7-17(15)22-14-16/h2-4,6-7,13H,1,5,8-12,14H2. The molecule has 116 valence electrons. The molecule has 1 amide bonds. The van der Waals surface area contributed by atoms with Gasteiger partial charge in [0.15, 0.2) is 0 Å². The molecule has 0 unspecified atom stereocenters. The molecule has 0 saturated carbocycles. The first kappa shape index (κ1) is 14.9. The number of rotatable bonds is 3. The maximum atomic E-state index is 12.7. The third kappa shape index (κ3) is 3.22. The lowest BCUT2D eigenvalue weighted by Crippen LogP contribution is -2.37. The first-order valence-electron chi connectivity index (χ1n) is 7.83. The van der Waals surface area contributed by atoms with E-state index < -0.39 is 0 Å². The van der Waals surface area contributed by atoms with Crippen LogP contribution in [0.1, 0.15) is 12.0 Å². The lowest BCUT2D eigenvalue weighted by Gasteiger charge is -2.24. The SMILES string of the molecule is C=CCN1CCCN(C(=O)C2=Cc3ccccc3OC2)CC1. The van der Waals surface area contributed by atoms with Crippen LogP contribution in [-0.4, -0.2) is 55.0 Å². The van der Waals surface area contributed by atoms with Gasteiger partial charge in [0.05, 0.1) is 5.57 Å². The zero-order chi connectivity index (χ0) is 15.4. The van der Waals surface area contributed by atoms with E-state index in [-0.39, 0.29) is 5.91 Å². The van der Waals surface area contributed by atoms with Gasteiger partial charge in [0.2, 0.25) is 0 Å². The minimum Gasteiger partial charge on any atom is -0.488 e. The Hall–Kier alpha value is -2.07. The topological polar surface area (TPSA) is 32.8 Å². The largest absolute Gasteiger partial charge is 0.488 e. The van der Waals surface area contributed by atoms with Crippen LogP contribution in [0.5, 0.6) is 5.75 Å². The second-order valence-electron chi connectivity index (χ2n) is 5.73. The highest BCUT2D eigenvalue weighted by molar-refractivity contribution is 5.99. The van der Waals surface area contributed by atoms with Crippen LogP contribution in [0.25, 0.3) is 6.08 Å². The fourth-order valence-electron chi connectivity index (χ4n) is 2.98. The average Bonchev–Trinajstić information content (AvgIpc) is 2.80. The highest BCUT2D eigenvalue weighted by atomic mass is 16.5. The van der Waals surface area contributed by atoms with Crippen molar-refractivity contribution in [2.45, 2.75) is 6.42 Å². The minimum atomic E-state index is 0.106. The summed E-state index contributed by atoms with van der Waals surface area (Å²) < 4.78 is 5.70. The summed E-state index contributed by atoms with van der Waals surface area (Å²) >= 11 is 0. The lowest BCUT2D eigenvalue weighted by atomic mass is 10.1. The number of fused-ring (bicyclic) bond motifs is 1. The van der Waals surface area contributed by atoms with Crippen molar-refractivity contribution in [3.63, 3.8) is 0 Å². The Bertz CT molecular complexity index is 595. The Balaban J connectivity index is 1.69. The van der Waals surface area contributed by atoms with E-state index in [0.29, 0.717) is 6.61 Å². The van der Waals surface area contributed by atoms with Crippen molar-refractivity contribution < 1.29 is 9.53 Å². The van der Waals surface area contributed by atoms with Gasteiger partial charge in [-0.25, -0.2) is 0 Å². The van der Waals surface area contributed by atoms with Gasteiger partial charge in [0.25, 0.3) is 5.91 Å². The molecular weight excluding hydrogens is 276 g/mol. The summed E-state index contributed by atoms with van der Waals surface area (Å²) in [5.41, 5.74) is 1.73. The molecule has 0 spiro atoms. The van der Waals surface area contributed by atoms with E-state index in [0.717, 1.165) is 56.0 Å². The van der Waals surface area contributed by atoms with Crippen molar-refractivity contribution in [3.8, 4) is 5.75 Å². The van der Waals surface area contributed by atoms with E-state index >= 15 is 0 Å². The number of benzene rings is 1. The molecule has 4 heteroatoms. The van der Waals surface area contributed by atoms with Crippen molar-refractivity contribution in [1.82, 2.24) is 9.80 Å². The summed E-state index contributed by atoms with van der Waals surface area (Å²) in [7, 11) is 0. The van der Waals surface area contributed by atoms with E-state index in [4.69, 9.17) is 4.74 Å². The van der Waals surface area contributed by atoms with Crippen LogP contribution in [0.3, 0.4) is 0 Å². The molecule has 0 N–H and O–H groups in total. The quantitative estimate of drug-likeness (QED) is 0.802. The highest BCUT2D eigenvalue weighted by Gasteiger charge is 2.24. The maximum Gasteiger partial charge on any atom is 0.253 e. The predicted octanol–water partition coefficient (Wildman–Crippen LogP) is 2.18. The minimum absolute atomic E-state index is 0.106. The van der Waals surface area contributed by atoms with Crippen molar-refractivity contribution in [2.24, 2.45) is 0 Å². The van der Waals surface area contributed by atoms with Crippen LogP contribution in [-0.2, 0) is 4.79 Å². The molecular formula is C18H22N2O2. The molecule has 0 aromatic heterocycles. The summed E-state index contributed by atoms with van der Waals surface area (Å²) in [6.45, 7) is 8.55. The zero-order valence-corrected chi connectivity index (χ0v) is 12.8. The van der Waals surface area contributed by atoms with Crippen LogP contribution < -0.4 is 4.74 Å². The Morgan fingerprint density at radius 3 is 2.95 bits per heavy atom. The fraction of sp³-hybridized carbons (Fsp3) is 0.389. The van der Waals surface area contributed by atoms with Gasteiger partial charge in [-0.15, -0.1) is 6.58 Å². The van der Waals surface area contributed by atoms with Gasteiger partial charge >= 0.3 is 0 Å². The number of ether oxygens (including phenoxy) is 1. The molecule has 1 aromatic rings. The molecule has 3 rings (SSSR count). The third-order valence-corrected chi connectivity index (χ3v) is 4.17. The highest BCUT2D eigenvalue weighted by Crippen LogP contribution is 2.26. The van der Waals surface area contributed by atoms with Gasteiger partial charge in [-0.1, -0.05) is 24.3 Å². The number of nitrogens with zero attached hydrogens (tertiary/aromatic N) is 2. The zero-order valence-electron chi connectivity index (χ0n) is 12.8. The van der Waals surface area contributed by atoms with Crippen LogP contribution >= 0.6 is 0 Å². The number of carbonyl (C=O) groups is 1. The smallest absolute Gasteiger partial charge is 0.253 e. The second-order valence-corrected chi connectivity index (χ2v) is 5.73. The molecule has 22 heavy (non-hydrogen) atoms. The third-order valence-electron chi connectivity index (χ3n) is 4.17. The molecule has 0 atom stereocenters. The molecule has 4 nitrogen and oxygen atoms in total. The van der Waals surface area contributed by atoms with Crippen LogP contribution in [0, 0.1) is 0 Å². The van der Waals surface area contributed by atoms with Gasteiger partial charge < -0.3 is 9.64 Å². The molecule has 0 radical (unpaired) electrons. The summed E-state index contributed by atoms with van der Waals surface area (Å²) in [5, 5.41) is 0. The summed E-state index contributed by atoms with van der Waals surface area (Å²) in [6, 6.07) is 7.83. The maximum absolute atomic E-state index is 12.7. The first-order valence-corrected chi connectivity index (χ1v) is 7.83. The summed E-state index contributed by atoms with van der Waals surface area (Å²) in [5.74, 6) is 0.960. The van der Waals surface area contributed by atoms with Crippen molar-refractivity contribution in [1.29, 1.82) is 0 Å². The van der Waals surface area contributed by atoms with Gasteiger partial charge in [-0.2, -0.15) is 0 Å². The Morgan fingerprint density at radius 1 is 1.23 bits per heavy atom. The Labute approximate surface area is 131 Å². The first-order chi connectivity index (χ1) is 10.8. The predicted molar refractivity (Wildman–Crippen MR) is 87.7 cm³/mol. The molecule has 2 heterocycles.